The predicted molar refractivity (Wildman–Crippen MR) is 56.5 cm³/mol. The van der Waals surface area contributed by atoms with Crippen molar-refractivity contribution < 1.29 is 13.2 Å². The Balaban J connectivity index is 3.01. The number of amides is 1. The Hall–Kier alpha value is -1.56. The van der Waals surface area contributed by atoms with Crippen molar-refractivity contribution in [3.63, 3.8) is 0 Å². The highest BCUT2D eigenvalue weighted by molar-refractivity contribution is 7.90. The van der Waals surface area contributed by atoms with E-state index in [0.29, 0.717) is 5.69 Å². The van der Waals surface area contributed by atoms with Gasteiger partial charge in [-0.1, -0.05) is 13.0 Å². The molecule has 1 aromatic carbocycles. The number of nitrogens with one attached hydrogen (secondary N) is 1. The zero-order valence-corrected chi connectivity index (χ0v) is 9.04. The largest absolute Gasteiger partial charge is 0.399 e. The second-order valence-corrected chi connectivity index (χ2v) is 4.64. The van der Waals surface area contributed by atoms with Gasteiger partial charge in [-0.15, -0.1) is 0 Å². The minimum Gasteiger partial charge on any atom is -0.399 e. The molecule has 15 heavy (non-hydrogen) atoms. The molecule has 0 aliphatic carbocycles. The highest BCUT2D eigenvalue weighted by atomic mass is 32.2. The average molecular weight is 228 g/mol. The van der Waals surface area contributed by atoms with E-state index < -0.39 is 15.9 Å². The molecule has 0 aromatic heterocycles. The number of hydrogen-bond acceptors (Lipinski definition) is 4. The minimum atomic E-state index is -3.77. The maximum atomic E-state index is 11.6. The van der Waals surface area contributed by atoms with Crippen LogP contribution < -0.4 is 10.5 Å². The molecule has 5 nitrogen and oxygen atoms in total. The maximum absolute atomic E-state index is 11.6. The molecule has 0 unspecified atom stereocenters. The molecule has 0 saturated heterocycles. The summed E-state index contributed by atoms with van der Waals surface area (Å²) in [6, 6.07) is 5.76. The first kappa shape index (κ1) is 11.5. The Bertz CT molecular complexity index is 468. The van der Waals surface area contributed by atoms with Gasteiger partial charge in [0.1, 0.15) is 0 Å². The molecular weight excluding hydrogens is 216 g/mol. The van der Waals surface area contributed by atoms with E-state index in [-0.39, 0.29) is 11.3 Å². The molecule has 0 aliphatic heterocycles. The van der Waals surface area contributed by atoms with Gasteiger partial charge in [-0.05, 0) is 18.2 Å². The van der Waals surface area contributed by atoms with Crippen molar-refractivity contribution in [2.75, 3.05) is 5.73 Å². The number of carbonyl (C=O) groups excluding carboxylic acids is 1. The van der Waals surface area contributed by atoms with E-state index in [1.165, 1.54) is 18.2 Å². The van der Waals surface area contributed by atoms with Crippen LogP contribution in [-0.4, -0.2) is 14.3 Å². The summed E-state index contributed by atoms with van der Waals surface area (Å²) in [4.78, 5) is 11.0. The first-order valence-corrected chi connectivity index (χ1v) is 5.85. The molecule has 0 heterocycles. The summed E-state index contributed by atoms with van der Waals surface area (Å²) in [6.07, 6.45) is 0.113. The third-order valence-corrected chi connectivity index (χ3v) is 3.11. The molecule has 1 aromatic rings. The fraction of sp³-hybridized carbons (Fsp3) is 0.222. The van der Waals surface area contributed by atoms with Crippen molar-refractivity contribution in [1.29, 1.82) is 0 Å². The van der Waals surface area contributed by atoms with Crippen LogP contribution in [0.5, 0.6) is 0 Å². The lowest BCUT2D eigenvalue weighted by Gasteiger charge is -2.05. The van der Waals surface area contributed by atoms with Gasteiger partial charge in [-0.3, -0.25) is 4.79 Å². The molecule has 0 bridgehead atoms. The van der Waals surface area contributed by atoms with Crippen molar-refractivity contribution in [1.82, 2.24) is 4.72 Å². The van der Waals surface area contributed by atoms with Gasteiger partial charge in [0.25, 0.3) is 10.0 Å². The zero-order chi connectivity index (χ0) is 11.5. The molecule has 1 rings (SSSR count). The lowest BCUT2D eigenvalue weighted by atomic mass is 10.3. The third-order valence-electron chi connectivity index (χ3n) is 1.74. The lowest BCUT2D eigenvalue weighted by molar-refractivity contribution is -0.119. The van der Waals surface area contributed by atoms with Crippen LogP contribution in [0, 0.1) is 0 Å². The molecule has 1 amide bonds. The molecule has 0 aliphatic rings. The van der Waals surface area contributed by atoms with Crippen molar-refractivity contribution >= 4 is 21.6 Å². The molecule has 0 radical (unpaired) electrons. The van der Waals surface area contributed by atoms with Crippen molar-refractivity contribution in [2.24, 2.45) is 0 Å². The van der Waals surface area contributed by atoms with Gasteiger partial charge in [0.05, 0.1) is 4.90 Å². The van der Waals surface area contributed by atoms with E-state index in [4.69, 9.17) is 5.73 Å². The fourth-order valence-electron chi connectivity index (χ4n) is 0.963. The van der Waals surface area contributed by atoms with Gasteiger partial charge in [0, 0.05) is 12.1 Å². The Kier molecular flexibility index (Phi) is 3.31. The van der Waals surface area contributed by atoms with E-state index >= 15 is 0 Å². The van der Waals surface area contributed by atoms with Crippen LogP contribution in [0.25, 0.3) is 0 Å². The van der Waals surface area contributed by atoms with E-state index in [1.54, 1.807) is 13.0 Å². The first-order valence-electron chi connectivity index (χ1n) is 4.37. The SMILES string of the molecule is CCC(=O)NS(=O)(=O)c1cccc(N)c1. The third kappa shape index (κ3) is 2.95. The van der Waals surface area contributed by atoms with Gasteiger partial charge in [-0.25, -0.2) is 13.1 Å². The minimum absolute atomic E-state index is 0.00991. The van der Waals surface area contributed by atoms with Crippen LogP contribution in [0.2, 0.25) is 0 Å². The lowest BCUT2D eigenvalue weighted by Crippen LogP contribution is -2.29. The maximum Gasteiger partial charge on any atom is 0.264 e. The Morgan fingerprint density at radius 2 is 2.13 bits per heavy atom. The number of nitrogens with two attached hydrogens (primary N) is 1. The molecule has 0 saturated carbocycles. The van der Waals surface area contributed by atoms with Crippen LogP contribution in [0.1, 0.15) is 13.3 Å². The zero-order valence-electron chi connectivity index (χ0n) is 8.23. The van der Waals surface area contributed by atoms with Gasteiger partial charge in [0.15, 0.2) is 0 Å². The second-order valence-electron chi connectivity index (χ2n) is 2.95. The van der Waals surface area contributed by atoms with E-state index in [9.17, 15) is 13.2 Å². The van der Waals surface area contributed by atoms with Crippen molar-refractivity contribution in [3.05, 3.63) is 24.3 Å². The first-order chi connectivity index (χ1) is 6.95. The van der Waals surface area contributed by atoms with Crippen LogP contribution in [0.4, 0.5) is 5.69 Å². The Morgan fingerprint density at radius 3 is 2.67 bits per heavy atom. The predicted octanol–water partition coefficient (Wildman–Crippen LogP) is 0.484. The normalized spacial score (nSPS) is 11.0. The van der Waals surface area contributed by atoms with Crippen LogP contribution in [0.15, 0.2) is 29.2 Å². The second kappa shape index (κ2) is 4.31. The summed E-state index contributed by atoms with van der Waals surface area (Å²) in [6.45, 7) is 1.57. The Morgan fingerprint density at radius 1 is 1.47 bits per heavy atom. The summed E-state index contributed by atoms with van der Waals surface area (Å²) in [5.74, 6) is -0.544. The van der Waals surface area contributed by atoms with Crippen LogP contribution in [-0.2, 0) is 14.8 Å². The number of rotatable bonds is 3. The summed E-state index contributed by atoms with van der Waals surface area (Å²) in [7, 11) is -3.77. The molecule has 0 fully saturated rings. The number of benzene rings is 1. The molecular formula is C9H12N2O3S. The number of hydrogen-bond donors (Lipinski definition) is 2. The summed E-state index contributed by atoms with van der Waals surface area (Å²) in [5, 5.41) is 0. The van der Waals surface area contributed by atoms with Gasteiger partial charge >= 0.3 is 0 Å². The van der Waals surface area contributed by atoms with Gasteiger partial charge in [-0.2, -0.15) is 0 Å². The number of anilines is 1. The quantitative estimate of drug-likeness (QED) is 0.736. The molecule has 82 valence electrons. The number of carbonyl (C=O) groups is 1. The summed E-state index contributed by atoms with van der Waals surface area (Å²) >= 11 is 0. The van der Waals surface area contributed by atoms with E-state index in [0.717, 1.165) is 0 Å². The number of nitrogen functional groups attached to an aromatic ring is 1. The summed E-state index contributed by atoms with van der Waals surface area (Å²) in [5.41, 5.74) is 5.78. The smallest absolute Gasteiger partial charge is 0.264 e. The monoisotopic (exact) mass is 228 g/mol. The molecule has 3 N–H and O–H groups in total. The van der Waals surface area contributed by atoms with Crippen LogP contribution >= 0.6 is 0 Å². The van der Waals surface area contributed by atoms with Gasteiger partial charge in [0.2, 0.25) is 5.91 Å². The topological polar surface area (TPSA) is 89.3 Å². The molecule has 6 heteroatoms. The average Bonchev–Trinajstić information content (AvgIpc) is 2.17. The standard InChI is InChI=1S/C9H12N2O3S/c1-2-9(12)11-15(13,14)8-5-3-4-7(10)6-8/h3-6H,2,10H2,1H3,(H,11,12). The molecule has 0 atom stereocenters. The van der Waals surface area contributed by atoms with E-state index in [1.807, 2.05) is 4.72 Å². The van der Waals surface area contributed by atoms with Crippen molar-refractivity contribution in [3.8, 4) is 0 Å². The van der Waals surface area contributed by atoms with Crippen LogP contribution in [0.3, 0.4) is 0 Å². The Labute approximate surface area is 88.3 Å². The number of sulfonamides is 1. The van der Waals surface area contributed by atoms with Gasteiger partial charge < -0.3 is 5.73 Å². The summed E-state index contributed by atoms with van der Waals surface area (Å²) < 4.78 is 25.1. The van der Waals surface area contributed by atoms with E-state index in [2.05, 4.69) is 0 Å². The highest BCUT2D eigenvalue weighted by Gasteiger charge is 2.16. The molecule has 0 spiro atoms. The fourth-order valence-corrected chi connectivity index (χ4v) is 2.07. The highest BCUT2D eigenvalue weighted by Crippen LogP contribution is 2.12. The van der Waals surface area contributed by atoms with Crippen molar-refractivity contribution in [2.45, 2.75) is 18.2 Å².